The molecule has 0 heterocycles. The summed E-state index contributed by atoms with van der Waals surface area (Å²) in [6.45, 7) is 16.1. The number of halogens is 2. The van der Waals surface area contributed by atoms with Gasteiger partial charge in [-0.1, -0.05) is 0 Å². The van der Waals surface area contributed by atoms with Crippen molar-refractivity contribution in [1.29, 1.82) is 0 Å². The molecule has 24 heavy (non-hydrogen) atoms. The topological polar surface area (TPSA) is 9.23 Å². The fourth-order valence-corrected chi connectivity index (χ4v) is 7.21. The minimum absolute atomic E-state index is 0. The molecule has 0 aliphatic heterocycles. The first kappa shape index (κ1) is 24.0. The third kappa shape index (κ3) is 4.37. The van der Waals surface area contributed by atoms with E-state index in [0.29, 0.717) is 5.92 Å². The number of hydrogen-bond acceptors (Lipinski definition) is 1. The second-order valence-electron chi connectivity index (χ2n) is 7.40. The van der Waals surface area contributed by atoms with Crippen LogP contribution in [0.5, 0.6) is 0 Å². The van der Waals surface area contributed by atoms with Crippen LogP contribution in [0, 0.1) is 5.92 Å². The standard InChI is InChI=1S/C15H17.C4H9.CH3O.2ClH.Ti/c1-10-11(2)13(4)15(12(10)3)14-8-6-5-7-9-14;1-4(2)3;1-2;;;/h5-8,12H,1-4H3;1-3H3;1H3;2*1H;/q;;-1;;;+1. The van der Waals surface area contributed by atoms with E-state index >= 15 is 0 Å². The van der Waals surface area contributed by atoms with Gasteiger partial charge in [-0.3, -0.25) is 0 Å². The quantitative estimate of drug-likeness (QED) is 0.535. The van der Waals surface area contributed by atoms with E-state index in [1.807, 2.05) is 7.11 Å². The van der Waals surface area contributed by atoms with E-state index in [0.717, 1.165) is 0 Å². The van der Waals surface area contributed by atoms with Crippen LogP contribution in [-0.4, -0.2) is 7.11 Å². The molecule has 1 nitrogen and oxygen atoms in total. The fourth-order valence-electron chi connectivity index (χ4n) is 3.54. The Balaban J connectivity index is 0.00000264. The molecule has 0 saturated heterocycles. The Labute approximate surface area is 167 Å². The predicted octanol–water partition coefficient (Wildman–Crippen LogP) is 6.31. The minimum atomic E-state index is -1.82. The van der Waals surface area contributed by atoms with E-state index in [4.69, 9.17) is 3.32 Å². The molecule has 1 aliphatic carbocycles. The summed E-state index contributed by atoms with van der Waals surface area (Å²) < 4.78 is 7.76. The summed E-state index contributed by atoms with van der Waals surface area (Å²) in [6.07, 6.45) is 0. The van der Waals surface area contributed by atoms with Gasteiger partial charge in [0.1, 0.15) is 0 Å². The zero-order valence-corrected chi connectivity index (χ0v) is 19.3. The van der Waals surface area contributed by atoms with E-state index in [1.54, 1.807) is 0 Å². The van der Waals surface area contributed by atoms with Gasteiger partial charge in [-0.25, -0.2) is 0 Å². The molecule has 1 aromatic carbocycles. The van der Waals surface area contributed by atoms with Crippen molar-refractivity contribution in [3.8, 4) is 0 Å². The molecule has 0 aromatic heterocycles. The van der Waals surface area contributed by atoms with E-state index in [1.165, 1.54) is 31.7 Å². The second kappa shape index (κ2) is 9.06. The largest absolute Gasteiger partial charge is 0.147 e. The summed E-state index contributed by atoms with van der Waals surface area (Å²) in [5, 5.41) is 0. The Bertz CT molecular complexity index is 641. The molecular weight excluding hydrogens is 375 g/mol. The van der Waals surface area contributed by atoms with Gasteiger partial charge < -0.3 is 0 Å². The summed E-state index contributed by atoms with van der Waals surface area (Å²) in [5.74, 6) is 0.512. The van der Waals surface area contributed by atoms with Crippen LogP contribution in [0.25, 0.3) is 5.57 Å². The predicted molar refractivity (Wildman–Crippen MR) is 107 cm³/mol. The molecule has 0 N–H and O–H groups in total. The Kier molecular flexibility index (Phi) is 9.04. The van der Waals surface area contributed by atoms with Crippen molar-refractivity contribution < 1.29 is 21.6 Å². The van der Waals surface area contributed by atoms with Crippen LogP contribution in [0.15, 0.2) is 41.0 Å². The van der Waals surface area contributed by atoms with Crippen molar-refractivity contribution in [3.63, 3.8) is 0 Å². The van der Waals surface area contributed by atoms with Crippen molar-refractivity contribution in [3.05, 3.63) is 46.5 Å². The summed E-state index contributed by atoms with van der Waals surface area (Å²) in [7, 11) is 1.89. The van der Waals surface area contributed by atoms with E-state index in [-0.39, 0.29) is 28.5 Å². The summed E-state index contributed by atoms with van der Waals surface area (Å²) in [4.78, 5) is 0. The first-order valence-electron chi connectivity index (χ1n) is 8.09. The molecule has 1 unspecified atom stereocenters. The van der Waals surface area contributed by atoms with Crippen LogP contribution in [0.3, 0.4) is 0 Å². The van der Waals surface area contributed by atoms with Crippen LogP contribution in [0.4, 0.5) is 0 Å². The average molecular weight is 406 g/mol. The second-order valence-corrected chi connectivity index (χ2v) is 12.2. The smallest absolute Gasteiger partial charge is 0.147 e. The molecule has 1 aliphatic rings. The zero-order valence-electron chi connectivity index (χ0n) is 16.1. The van der Waals surface area contributed by atoms with Crippen molar-refractivity contribution >= 4 is 34.3 Å². The van der Waals surface area contributed by atoms with Crippen LogP contribution in [-0.2, 0) is 21.6 Å². The number of hydrogen-bond donors (Lipinski definition) is 0. The van der Waals surface area contributed by atoms with Gasteiger partial charge in [-0.05, 0) is 0 Å². The van der Waals surface area contributed by atoms with Crippen molar-refractivity contribution in [2.75, 3.05) is 7.11 Å². The summed E-state index contributed by atoms with van der Waals surface area (Å²) >= 11 is -1.82. The summed E-state index contributed by atoms with van der Waals surface area (Å²) in [6, 6.07) is 8.94. The average Bonchev–Trinajstić information content (AvgIpc) is 2.63. The maximum atomic E-state index is 6.06. The van der Waals surface area contributed by atoms with Crippen molar-refractivity contribution in [2.45, 2.75) is 52.2 Å². The first-order chi connectivity index (χ1) is 10.2. The molecule has 0 fully saturated rings. The molecule has 0 amide bonds. The SMILES string of the molecule is C[O][Ti]([c]1ccccc1C1=C(C)C(C)=C(C)C1C)[C](C)(C)C.Cl.Cl. The maximum Gasteiger partial charge on any atom is -0.147 e. The number of rotatable bonds is 3. The van der Waals surface area contributed by atoms with Crippen LogP contribution in [0.2, 0.25) is 3.72 Å². The van der Waals surface area contributed by atoms with Crippen LogP contribution in [0.1, 0.15) is 54.0 Å². The van der Waals surface area contributed by atoms with Gasteiger partial charge in [0.15, 0.2) is 0 Å². The minimum Gasteiger partial charge on any atom is -0.147 e. The molecule has 0 saturated carbocycles. The Morgan fingerprint density at radius 3 is 1.92 bits per heavy atom. The van der Waals surface area contributed by atoms with Crippen molar-refractivity contribution in [1.82, 2.24) is 0 Å². The molecular formula is C20H31Cl2OTi. The number of benzene rings is 1. The van der Waals surface area contributed by atoms with Gasteiger partial charge in [-0.2, -0.15) is 0 Å². The third-order valence-electron chi connectivity index (χ3n) is 4.99. The van der Waals surface area contributed by atoms with Gasteiger partial charge in [0.05, 0.1) is 0 Å². The van der Waals surface area contributed by atoms with Gasteiger partial charge >= 0.3 is 143 Å². The van der Waals surface area contributed by atoms with Gasteiger partial charge in [0.2, 0.25) is 0 Å². The van der Waals surface area contributed by atoms with Crippen LogP contribution >= 0.6 is 24.8 Å². The first-order valence-corrected chi connectivity index (χ1v) is 10.3. The Hall–Kier alpha value is -0.0457. The van der Waals surface area contributed by atoms with E-state index < -0.39 is 18.3 Å². The zero-order chi connectivity index (χ0) is 16.7. The monoisotopic (exact) mass is 405 g/mol. The van der Waals surface area contributed by atoms with E-state index in [2.05, 4.69) is 72.7 Å². The Morgan fingerprint density at radius 1 is 0.958 bits per heavy atom. The Morgan fingerprint density at radius 2 is 1.50 bits per heavy atom. The molecule has 1 atom stereocenters. The normalized spacial score (nSPS) is 17.6. The van der Waals surface area contributed by atoms with Gasteiger partial charge in [-0.15, -0.1) is 24.8 Å². The molecule has 0 bridgehead atoms. The maximum absolute atomic E-state index is 6.06. The van der Waals surface area contributed by atoms with Gasteiger partial charge in [0.25, 0.3) is 0 Å². The summed E-state index contributed by atoms with van der Waals surface area (Å²) in [5.41, 5.74) is 7.37. The fraction of sp³-hybridized carbons (Fsp3) is 0.500. The molecule has 2 rings (SSSR count). The van der Waals surface area contributed by atoms with Gasteiger partial charge in [0, 0.05) is 0 Å². The molecule has 135 valence electrons. The van der Waals surface area contributed by atoms with Crippen molar-refractivity contribution in [2.24, 2.45) is 5.92 Å². The molecule has 0 spiro atoms. The molecule has 1 aromatic rings. The number of allylic oxidation sites excluding steroid dienone is 4. The van der Waals surface area contributed by atoms with Crippen LogP contribution < -0.4 is 3.87 Å². The molecule has 4 heteroatoms. The van der Waals surface area contributed by atoms with E-state index in [9.17, 15) is 0 Å². The third-order valence-corrected chi connectivity index (χ3v) is 9.20. The molecule has 0 radical (unpaired) electrons.